The molecule has 2 amide bonds. The predicted octanol–water partition coefficient (Wildman–Crippen LogP) is 3.05. The Kier molecular flexibility index (Phi) is 3.23. The number of hydrogen-bond donors (Lipinski definition) is 0. The molecule has 0 saturated heterocycles. The average Bonchev–Trinajstić information content (AvgIpc) is 2.67. The largest absolute Gasteiger partial charge is 0.272 e. The van der Waals surface area contributed by atoms with Gasteiger partial charge in [0.25, 0.3) is 11.8 Å². The second kappa shape index (κ2) is 4.77. The van der Waals surface area contributed by atoms with Crippen molar-refractivity contribution in [3.8, 4) is 0 Å². The monoisotopic (exact) mass is 261 g/mol. The maximum atomic E-state index is 12.5. The molecule has 3 rings (SSSR count). The van der Waals surface area contributed by atoms with E-state index in [2.05, 4.69) is 13.8 Å². The van der Waals surface area contributed by atoms with Crippen LogP contribution in [0, 0.1) is 11.8 Å². The molecule has 3 heteroatoms. The maximum absolute atomic E-state index is 12.5. The van der Waals surface area contributed by atoms with E-state index in [1.54, 1.807) is 4.90 Å². The van der Waals surface area contributed by atoms with Crippen LogP contribution in [0.25, 0.3) is 0 Å². The first-order valence-corrected chi connectivity index (χ1v) is 7.71. The molecule has 0 N–H and O–H groups in total. The van der Waals surface area contributed by atoms with Crippen molar-refractivity contribution in [3.05, 3.63) is 11.1 Å². The van der Waals surface area contributed by atoms with Crippen molar-refractivity contribution < 1.29 is 9.59 Å². The lowest BCUT2D eigenvalue weighted by atomic mass is 9.77. The van der Waals surface area contributed by atoms with E-state index in [1.165, 1.54) is 6.42 Å². The minimum Gasteiger partial charge on any atom is -0.272 e. The van der Waals surface area contributed by atoms with Gasteiger partial charge in [-0.2, -0.15) is 0 Å². The van der Waals surface area contributed by atoms with Crippen LogP contribution < -0.4 is 0 Å². The summed E-state index contributed by atoms with van der Waals surface area (Å²) in [4.78, 5) is 26.7. The fourth-order valence-electron chi connectivity index (χ4n) is 3.98. The fourth-order valence-corrected chi connectivity index (χ4v) is 3.98. The molecule has 0 aromatic rings. The lowest BCUT2D eigenvalue weighted by Crippen LogP contribution is -2.47. The van der Waals surface area contributed by atoms with Crippen molar-refractivity contribution in [1.29, 1.82) is 0 Å². The van der Waals surface area contributed by atoms with Crippen molar-refractivity contribution in [2.45, 2.75) is 64.8 Å². The third kappa shape index (κ3) is 1.94. The van der Waals surface area contributed by atoms with Gasteiger partial charge in [-0.15, -0.1) is 0 Å². The molecule has 2 aliphatic carbocycles. The third-order valence-corrected chi connectivity index (χ3v) is 5.42. The maximum Gasteiger partial charge on any atom is 0.257 e. The Balaban J connectivity index is 1.87. The highest BCUT2D eigenvalue weighted by Crippen LogP contribution is 2.39. The molecule has 1 saturated carbocycles. The Bertz CT molecular complexity index is 424. The first-order chi connectivity index (χ1) is 9.11. The zero-order valence-corrected chi connectivity index (χ0v) is 11.9. The molecule has 0 spiro atoms. The Morgan fingerprint density at radius 3 is 2.05 bits per heavy atom. The number of carbonyl (C=O) groups excluding carboxylic acids is 2. The van der Waals surface area contributed by atoms with Gasteiger partial charge < -0.3 is 0 Å². The molecule has 1 aliphatic heterocycles. The van der Waals surface area contributed by atoms with Crippen molar-refractivity contribution in [3.63, 3.8) is 0 Å². The van der Waals surface area contributed by atoms with Gasteiger partial charge in [-0.1, -0.05) is 26.7 Å². The number of rotatable bonds is 1. The van der Waals surface area contributed by atoms with Crippen molar-refractivity contribution in [2.24, 2.45) is 11.8 Å². The number of carbonyl (C=O) groups is 2. The Labute approximate surface area is 115 Å². The Morgan fingerprint density at radius 1 is 0.895 bits per heavy atom. The predicted molar refractivity (Wildman–Crippen MR) is 73.3 cm³/mol. The van der Waals surface area contributed by atoms with Gasteiger partial charge >= 0.3 is 0 Å². The second-order valence-corrected chi connectivity index (χ2v) is 6.48. The molecule has 0 radical (unpaired) electrons. The van der Waals surface area contributed by atoms with E-state index in [1.807, 2.05) is 0 Å². The van der Waals surface area contributed by atoms with Crippen molar-refractivity contribution in [1.82, 2.24) is 4.90 Å². The zero-order valence-electron chi connectivity index (χ0n) is 11.9. The van der Waals surface area contributed by atoms with Crippen LogP contribution in [0.15, 0.2) is 11.1 Å². The Hall–Kier alpha value is -1.12. The quantitative estimate of drug-likeness (QED) is 0.680. The van der Waals surface area contributed by atoms with Crippen LogP contribution in [0.2, 0.25) is 0 Å². The number of hydrogen-bond acceptors (Lipinski definition) is 2. The average molecular weight is 261 g/mol. The number of imide groups is 1. The van der Waals surface area contributed by atoms with Gasteiger partial charge in [0.2, 0.25) is 0 Å². The van der Waals surface area contributed by atoms with Crippen LogP contribution in [0.3, 0.4) is 0 Å². The molecule has 1 heterocycles. The summed E-state index contributed by atoms with van der Waals surface area (Å²) in [5, 5.41) is 0. The van der Waals surface area contributed by atoms with Gasteiger partial charge in [-0.05, 0) is 43.9 Å². The van der Waals surface area contributed by atoms with Gasteiger partial charge in [-0.25, -0.2) is 0 Å². The van der Waals surface area contributed by atoms with E-state index in [0.29, 0.717) is 11.8 Å². The van der Waals surface area contributed by atoms with E-state index < -0.39 is 0 Å². The summed E-state index contributed by atoms with van der Waals surface area (Å²) in [5.41, 5.74) is 1.67. The minimum atomic E-state index is 0.0330. The van der Waals surface area contributed by atoms with Crippen LogP contribution in [0.1, 0.15) is 58.8 Å². The second-order valence-electron chi connectivity index (χ2n) is 6.48. The highest BCUT2D eigenvalue weighted by molar-refractivity contribution is 6.19. The first-order valence-electron chi connectivity index (χ1n) is 7.71. The topological polar surface area (TPSA) is 37.4 Å². The van der Waals surface area contributed by atoms with E-state index in [0.717, 1.165) is 49.7 Å². The molecule has 3 nitrogen and oxygen atoms in total. The van der Waals surface area contributed by atoms with E-state index in [4.69, 9.17) is 0 Å². The molecule has 3 atom stereocenters. The van der Waals surface area contributed by atoms with Crippen molar-refractivity contribution in [2.75, 3.05) is 0 Å². The normalized spacial score (nSPS) is 35.9. The molecule has 3 unspecified atom stereocenters. The highest BCUT2D eigenvalue weighted by Gasteiger charge is 2.45. The molecule has 3 aliphatic rings. The van der Waals surface area contributed by atoms with E-state index in [9.17, 15) is 9.59 Å². The molecular formula is C16H23NO2. The fraction of sp³-hybridized carbons (Fsp3) is 0.750. The molecule has 0 bridgehead atoms. The molecule has 19 heavy (non-hydrogen) atoms. The molecule has 104 valence electrons. The standard InChI is InChI=1S/C16H23NO2/c1-10-6-5-9-14(11(10)2)17-15(18)12-7-3-4-8-13(12)16(17)19/h10-11,14H,3-9H2,1-2H3. The SMILES string of the molecule is CC1CCCC(N2C(=O)C3=C(CCCC3)C2=O)C1C. The lowest BCUT2D eigenvalue weighted by Gasteiger charge is -2.39. The Morgan fingerprint density at radius 2 is 1.47 bits per heavy atom. The van der Waals surface area contributed by atoms with Crippen molar-refractivity contribution >= 4 is 11.8 Å². The summed E-state index contributed by atoms with van der Waals surface area (Å²) in [6, 6.07) is 0.134. The summed E-state index contributed by atoms with van der Waals surface area (Å²) < 4.78 is 0. The van der Waals surface area contributed by atoms with Gasteiger partial charge in [0.15, 0.2) is 0 Å². The molecular weight excluding hydrogens is 238 g/mol. The smallest absolute Gasteiger partial charge is 0.257 e. The molecule has 0 aromatic carbocycles. The molecule has 1 fully saturated rings. The first kappa shape index (κ1) is 12.9. The highest BCUT2D eigenvalue weighted by atomic mass is 16.2. The lowest BCUT2D eigenvalue weighted by molar-refractivity contribution is -0.143. The number of amides is 2. The molecule has 0 aromatic heterocycles. The van der Waals surface area contributed by atoms with E-state index in [-0.39, 0.29) is 17.9 Å². The van der Waals surface area contributed by atoms with Crippen LogP contribution in [0.5, 0.6) is 0 Å². The summed E-state index contributed by atoms with van der Waals surface area (Å²) in [6.45, 7) is 4.45. The minimum absolute atomic E-state index is 0.0330. The summed E-state index contributed by atoms with van der Waals surface area (Å²) in [6.07, 6.45) is 7.09. The van der Waals surface area contributed by atoms with E-state index >= 15 is 0 Å². The summed E-state index contributed by atoms with van der Waals surface area (Å²) in [5.74, 6) is 1.11. The van der Waals surface area contributed by atoms with Gasteiger partial charge in [0.05, 0.1) is 0 Å². The zero-order chi connectivity index (χ0) is 13.6. The van der Waals surface area contributed by atoms with Crippen LogP contribution in [0.4, 0.5) is 0 Å². The van der Waals surface area contributed by atoms with Gasteiger partial charge in [0, 0.05) is 17.2 Å². The van der Waals surface area contributed by atoms with Gasteiger partial charge in [-0.3, -0.25) is 14.5 Å². The summed E-state index contributed by atoms with van der Waals surface area (Å²) in [7, 11) is 0. The van der Waals surface area contributed by atoms with Gasteiger partial charge in [0.1, 0.15) is 0 Å². The van der Waals surface area contributed by atoms with Crippen LogP contribution >= 0.6 is 0 Å². The van der Waals surface area contributed by atoms with Crippen LogP contribution in [-0.4, -0.2) is 22.8 Å². The third-order valence-electron chi connectivity index (χ3n) is 5.42. The number of nitrogens with zero attached hydrogens (tertiary/aromatic N) is 1. The summed E-state index contributed by atoms with van der Waals surface area (Å²) >= 11 is 0. The van der Waals surface area contributed by atoms with Crippen LogP contribution in [-0.2, 0) is 9.59 Å².